The largest absolute Gasteiger partial charge is 0.478 e. The summed E-state index contributed by atoms with van der Waals surface area (Å²) in [5, 5.41) is 8.88. The lowest BCUT2D eigenvalue weighted by molar-refractivity contribution is -0.132. The van der Waals surface area contributed by atoms with Gasteiger partial charge >= 0.3 is 5.97 Å². The first-order valence-corrected chi connectivity index (χ1v) is 7.03. The van der Waals surface area contributed by atoms with E-state index in [-0.39, 0.29) is 0 Å². The molecule has 0 aromatic rings. The van der Waals surface area contributed by atoms with Crippen molar-refractivity contribution in [3.8, 4) is 0 Å². The molecule has 0 aromatic heterocycles. The zero-order valence-corrected chi connectivity index (χ0v) is 11.5. The molecule has 0 radical (unpaired) electrons. The lowest BCUT2D eigenvalue weighted by atomic mass is 10.2. The second-order valence-electron chi connectivity index (χ2n) is 3.96. The van der Waals surface area contributed by atoms with Crippen LogP contribution in [0.25, 0.3) is 0 Å². The van der Waals surface area contributed by atoms with Crippen LogP contribution in [-0.2, 0) is 4.79 Å². The van der Waals surface area contributed by atoms with Gasteiger partial charge in [0.15, 0.2) is 0 Å². The molecule has 4 heteroatoms. The highest BCUT2D eigenvalue weighted by Gasteiger charge is 2.09. The molecule has 94 valence electrons. The number of aliphatic carboxylic acids is 1. The second kappa shape index (κ2) is 8.65. The van der Waals surface area contributed by atoms with Gasteiger partial charge in [-0.25, -0.2) is 4.79 Å². The predicted molar refractivity (Wildman–Crippen MR) is 71.1 cm³/mol. The summed E-state index contributed by atoms with van der Waals surface area (Å²) in [5.41, 5.74) is 0.504. The summed E-state index contributed by atoms with van der Waals surface area (Å²) in [5.74, 6) is 0.349. The Morgan fingerprint density at radius 3 is 2.62 bits per heavy atom. The van der Waals surface area contributed by atoms with E-state index in [4.69, 9.17) is 5.11 Å². The number of nitrogens with zero attached hydrogens (tertiary/aromatic N) is 1. The molecule has 0 aliphatic rings. The van der Waals surface area contributed by atoms with Gasteiger partial charge in [0, 0.05) is 18.2 Å². The van der Waals surface area contributed by atoms with Gasteiger partial charge in [0.25, 0.3) is 0 Å². The molecule has 0 saturated carbocycles. The maximum atomic E-state index is 10.8. The Hall–Kier alpha value is -0.480. The molecule has 0 spiro atoms. The number of carbonyl (C=O) groups is 1. The highest BCUT2D eigenvalue weighted by atomic mass is 32.2. The number of carboxylic acid groups (broad SMARTS) is 1. The zero-order chi connectivity index (χ0) is 12.6. The van der Waals surface area contributed by atoms with Gasteiger partial charge in [0.2, 0.25) is 0 Å². The first-order chi connectivity index (χ1) is 7.52. The number of likely N-dealkylation sites (N-methyl/N-ethyl adjacent to an activating group) is 1. The van der Waals surface area contributed by atoms with Crippen LogP contribution in [0.15, 0.2) is 11.6 Å². The fourth-order valence-corrected chi connectivity index (χ4v) is 1.90. The lowest BCUT2D eigenvalue weighted by Crippen LogP contribution is -2.30. The van der Waals surface area contributed by atoms with E-state index in [2.05, 4.69) is 18.1 Å². The Morgan fingerprint density at radius 2 is 2.19 bits per heavy atom. The van der Waals surface area contributed by atoms with E-state index in [1.165, 1.54) is 0 Å². The summed E-state index contributed by atoms with van der Waals surface area (Å²) >= 11 is 1.84. The molecule has 0 aromatic carbocycles. The van der Waals surface area contributed by atoms with Gasteiger partial charge in [-0.3, -0.25) is 4.90 Å². The standard InChI is InChI=1S/C12H23NO2S/c1-5-11(12(14)15)6-8-13(3)10(2)7-9-16-4/h6,10H,5,7-9H2,1-4H3,(H,14,15). The van der Waals surface area contributed by atoms with Gasteiger partial charge in [-0.1, -0.05) is 13.0 Å². The molecule has 0 aliphatic carbocycles. The van der Waals surface area contributed by atoms with E-state index in [1.54, 1.807) is 0 Å². The molecule has 3 nitrogen and oxygen atoms in total. The predicted octanol–water partition coefficient (Wildman–Crippen LogP) is 2.48. The van der Waals surface area contributed by atoms with Gasteiger partial charge in [-0.05, 0) is 38.8 Å². The smallest absolute Gasteiger partial charge is 0.331 e. The molecule has 0 fully saturated rings. The van der Waals surface area contributed by atoms with Gasteiger partial charge in [-0.2, -0.15) is 11.8 Å². The number of rotatable bonds is 8. The Morgan fingerprint density at radius 1 is 1.56 bits per heavy atom. The SMILES string of the molecule is CCC(=CCN(C)C(C)CCSC)C(=O)O. The van der Waals surface area contributed by atoms with Crippen LogP contribution in [0.5, 0.6) is 0 Å². The van der Waals surface area contributed by atoms with Crippen molar-refractivity contribution >= 4 is 17.7 Å². The average molecular weight is 245 g/mol. The summed E-state index contributed by atoms with van der Waals surface area (Å²) in [6.07, 6.45) is 5.65. The fourth-order valence-electron chi connectivity index (χ4n) is 1.33. The summed E-state index contributed by atoms with van der Waals surface area (Å²) in [7, 11) is 2.04. The summed E-state index contributed by atoms with van der Waals surface area (Å²) in [6, 6.07) is 0.496. The molecule has 16 heavy (non-hydrogen) atoms. The van der Waals surface area contributed by atoms with Crippen molar-refractivity contribution in [2.75, 3.05) is 25.6 Å². The molecule has 1 unspecified atom stereocenters. The van der Waals surface area contributed by atoms with Gasteiger partial charge in [-0.15, -0.1) is 0 Å². The molecule has 1 atom stereocenters. The third-order valence-electron chi connectivity index (χ3n) is 2.77. The summed E-state index contributed by atoms with van der Waals surface area (Å²) in [6.45, 7) is 4.76. The van der Waals surface area contributed by atoms with Crippen molar-refractivity contribution in [3.05, 3.63) is 11.6 Å². The Balaban J connectivity index is 4.12. The summed E-state index contributed by atoms with van der Waals surface area (Å²) < 4.78 is 0. The van der Waals surface area contributed by atoms with Crippen LogP contribution in [0.3, 0.4) is 0 Å². The molecule has 0 rings (SSSR count). The van der Waals surface area contributed by atoms with Crippen LogP contribution in [0, 0.1) is 0 Å². The molecular weight excluding hydrogens is 222 g/mol. The molecule has 0 aliphatic heterocycles. The number of hydrogen-bond acceptors (Lipinski definition) is 3. The van der Waals surface area contributed by atoms with E-state index in [0.717, 1.165) is 12.2 Å². The van der Waals surface area contributed by atoms with Gasteiger partial charge < -0.3 is 5.11 Å². The van der Waals surface area contributed by atoms with E-state index < -0.39 is 5.97 Å². The quantitative estimate of drug-likeness (QED) is 0.667. The third kappa shape index (κ3) is 6.18. The minimum atomic E-state index is -0.798. The average Bonchev–Trinajstić information content (AvgIpc) is 2.25. The zero-order valence-electron chi connectivity index (χ0n) is 10.7. The fraction of sp³-hybridized carbons (Fsp3) is 0.750. The highest BCUT2D eigenvalue weighted by Crippen LogP contribution is 2.07. The molecule has 0 amide bonds. The van der Waals surface area contributed by atoms with E-state index in [9.17, 15) is 4.79 Å². The highest BCUT2D eigenvalue weighted by molar-refractivity contribution is 7.98. The first-order valence-electron chi connectivity index (χ1n) is 5.64. The Kier molecular flexibility index (Phi) is 8.39. The summed E-state index contributed by atoms with van der Waals surface area (Å²) in [4.78, 5) is 13.0. The molecular formula is C12H23NO2S. The van der Waals surface area contributed by atoms with Crippen LogP contribution in [0.1, 0.15) is 26.7 Å². The maximum absolute atomic E-state index is 10.8. The van der Waals surface area contributed by atoms with E-state index >= 15 is 0 Å². The maximum Gasteiger partial charge on any atom is 0.331 e. The number of thioether (sulfide) groups is 1. The topological polar surface area (TPSA) is 40.5 Å². The Bertz CT molecular complexity index is 241. The van der Waals surface area contributed by atoms with E-state index in [1.807, 2.05) is 31.8 Å². The minimum Gasteiger partial charge on any atom is -0.478 e. The van der Waals surface area contributed by atoms with Crippen molar-refractivity contribution in [3.63, 3.8) is 0 Å². The molecule has 0 heterocycles. The minimum absolute atomic E-state index is 0.496. The van der Waals surface area contributed by atoms with Crippen LogP contribution >= 0.6 is 11.8 Å². The molecule has 0 bridgehead atoms. The van der Waals surface area contributed by atoms with Gasteiger partial charge in [0.05, 0.1) is 0 Å². The van der Waals surface area contributed by atoms with Crippen molar-refractivity contribution in [2.45, 2.75) is 32.7 Å². The van der Waals surface area contributed by atoms with Crippen molar-refractivity contribution < 1.29 is 9.90 Å². The monoisotopic (exact) mass is 245 g/mol. The van der Waals surface area contributed by atoms with E-state index in [0.29, 0.717) is 24.6 Å². The number of carboxylic acids is 1. The third-order valence-corrected chi connectivity index (χ3v) is 3.42. The lowest BCUT2D eigenvalue weighted by Gasteiger charge is -2.23. The van der Waals surface area contributed by atoms with Gasteiger partial charge in [0.1, 0.15) is 0 Å². The normalized spacial score (nSPS) is 14.2. The second-order valence-corrected chi connectivity index (χ2v) is 4.94. The number of hydrogen-bond donors (Lipinski definition) is 1. The molecule has 0 saturated heterocycles. The van der Waals surface area contributed by atoms with Crippen molar-refractivity contribution in [2.24, 2.45) is 0 Å². The Labute approximate surface area is 103 Å². The van der Waals surface area contributed by atoms with Crippen molar-refractivity contribution in [1.29, 1.82) is 0 Å². The van der Waals surface area contributed by atoms with Crippen LogP contribution < -0.4 is 0 Å². The van der Waals surface area contributed by atoms with Crippen LogP contribution in [-0.4, -0.2) is 47.6 Å². The van der Waals surface area contributed by atoms with Crippen molar-refractivity contribution in [1.82, 2.24) is 4.90 Å². The van der Waals surface area contributed by atoms with Crippen LogP contribution in [0.4, 0.5) is 0 Å². The first kappa shape index (κ1) is 15.5. The van der Waals surface area contributed by atoms with Crippen LogP contribution in [0.2, 0.25) is 0 Å². The molecule has 1 N–H and O–H groups in total.